The van der Waals surface area contributed by atoms with Gasteiger partial charge in [-0.25, -0.2) is 4.39 Å². The molecule has 2 atom stereocenters. The number of benzene rings is 4. The average Bonchev–Trinajstić information content (AvgIpc) is 2.94. The van der Waals surface area contributed by atoms with Gasteiger partial charge in [-0.3, -0.25) is 4.90 Å². The average molecular weight is 512 g/mol. The van der Waals surface area contributed by atoms with E-state index in [1.165, 1.54) is 5.56 Å². The maximum Gasteiger partial charge on any atom is 0.127 e. The second-order valence-corrected chi connectivity index (χ2v) is 11.3. The standard InChI is InChI=1S/C34H38FNO2/c1-34(2,3)36-17-16-31(29-14-9-12-26(18-29)21-35)33(22-36)38-24-27-19-28-13-7-8-15-30(28)32(20-27)37-23-25-10-5-4-6-11-25/h4-15,18-20,31,33H,16-17,21-24H2,1-3H3. The topological polar surface area (TPSA) is 21.7 Å². The molecule has 1 heterocycles. The highest BCUT2D eigenvalue weighted by Crippen LogP contribution is 2.35. The predicted octanol–water partition coefficient (Wildman–Crippen LogP) is 8.06. The van der Waals surface area contributed by atoms with E-state index in [1.54, 1.807) is 0 Å². The molecule has 0 spiro atoms. The Bertz CT molecular complexity index is 1350. The Morgan fingerprint density at radius 2 is 1.58 bits per heavy atom. The Hall–Kier alpha value is -3.21. The van der Waals surface area contributed by atoms with Gasteiger partial charge in [0.2, 0.25) is 0 Å². The number of piperidine rings is 1. The largest absolute Gasteiger partial charge is 0.488 e. The van der Waals surface area contributed by atoms with E-state index < -0.39 is 6.67 Å². The molecule has 4 aromatic rings. The highest BCUT2D eigenvalue weighted by Gasteiger charge is 2.35. The molecule has 2 unspecified atom stereocenters. The summed E-state index contributed by atoms with van der Waals surface area (Å²) < 4.78 is 26.5. The quantitative estimate of drug-likeness (QED) is 0.239. The minimum Gasteiger partial charge on any atom is -0.488 e. The van der Waals surface area contributed by atoms with Crippen LogP contribution in [0.5, 0.6) is 5.75 Å². The first-order valence-corrected chi connectivity index (χ1v) is 13.6. The zero-order valence-electron chi connectivity index (χ0n) is 22.7. The first kappa shape index (κ1) is 26.4. The van der Waals surface area contributed by atoms with Crippen molar-refractivity contribution in [3.8, 4) is 5.75 Å². The van der Waals surface area contributed by atoms with Crippen LogP contribution in [0.1, 0.15) is 55.4 Å². The third kappa shape index (κ3) is 6.25. The fraction of sp³-hybridized carbons (Fsp3) is 0.353. The van der Waals surface area contributed by atoms with E-state index in [0.717, 1.165) is 52.7 Å². The Balaban J connectivity index is 1.38. The van der Waals surface area contributed by atoms with E-state index in [0.29, 0.717) is 13.2 Å². The predicted molar refractivity (Wildman–Crippen MR) is 153 cm³/mol. The lowest BCUT2D eigenvalue weighted by Crippen LogP contribution is -2.52. The molecule has 0 amide bonds. The second kappa shape index (κ2) is 11.7. The molecular weight excluding hydrogens is 473 g/mol. The molecule has 1 saturated heterocycles. The summed E-state index contributed by atoms with van der Waals surface area (Å²) in [4.78, 5) is 2.50. The first-order valence-electron chi connectivity index (χ1n) is 13.6. The van der Waals surface area contributed by atoms with Gasteiger partial charge < -0.3 is 9.47 Å². The van der Waals surface area contributed by atoms with E-state index in [4.69, 9.17) is 9.47 Å². The minimum absolute atomic E-state index is 0.0120. The molecule has 4 heteroatoms. The van der Waals surface area contributed by atoms with Crippen molar-refractivity contribution in [1.82, 2.24) is 4.90 Å². The van der Waals surface area contributed by atoms with Crippen LogP contribution in [0.3, 0.4) is 0 Å². The fourth-order valence-electron chi connectivity index (χ4n) is 5.46. The molecule has 0 saturated carbocycles. The number of alkyl halides is 1. The molecule has 38 heavy (non-hydrogen) atoms. The molecule has 0 bridgehead atoms. The maximum atomic E-state index is 13.4. The summed E-state index contributed by atoms with van der Waals surface area (Å²) in [5.74, 6) is 1.10. The van der Waals surface area contributed by atoms with Crippen molar-refractivity contribution in [2.24, 2.45) is 0 Å². The van der Waals surface area contributed by atoms with Crippen LogP contribution in [0.25, 0.3) is 10.8 Å². The Kier molecular flexibility index (Phi) is 8.11. The van der Waals surface area contributed by atoms with Gasteiger partial charge in [-0.1, -0.05) is 78.9 Å². The van der Waals surface area contributed by atoms with Crippen molar-refractivity contribution in [2.75, 3.05) is 13.1 Å². The van der Waals surface area contributed by atoms with Gasteiger partial charge in [0.25, 0.3) is 0 Å². The normalized spacial score (nSPS) is 18.5. The van der Waals surface area contributed by atoms with Crippen molar-refractivity contribution in [1.29, 1.82) is 0 Å². The van der Waals surface area contributed by atoms with Crippen LogP contribution in [-0.2, 0) is 24.6 Å². The van der Waals surface area contributed by atoms with Crippen LogP contribution in [0.4, 0.5) is 4.39 Å². The van der Waals surface area contributed by atoms with Gasteiger partial charge in [0.1, 0.15) is 19.0 Å². The van der Waals surface area contributed by atoms with E-state index in [1.807, 2.05) is 42.5 Å². The molecule has 3 nitrogen and oxygen atoms in total. The van der Waals surface area contributed by atoms with Gasteiger partial charge >= 0.3 is 0 Å². The zero-order chi connectivity index (χ0) is 26.5. The van der Waals surface area contributed by atoms with E-state index in [2.05, 4.69) is 74.2 Å². The summed E-state index contributed by atoms with van der Waals surface area (Å²) in [5.41, 5.74) is 4.20. The number of hydrogen-bond donors (Lipinski definition) is 0. The minimum atomic E-state index is -0.441. The molecule has 0 radical (unpaired) electrons. The third-order valence-electron chi connectivity index (χ3n) is 7.63. The van der Waals surface area contributed by atoms with Gasteiger partial charge in [0.15, 0.2) is 0 Å². The molecule has 0 aromatic heterocycles. The third-order valence-corrected chi connectivity index (χ3v) is 7.63. The van der Waals surface area contributed by atoms with E-state index in [-0.39, 0.29) is 17.6 Å². The Morgan fingerprint density at radius 1 is 0.816 bits per heavy atom. The number of likely N-dealkylation sites (tertiary alicyclic amines) is 1. The van der Waals surface area contributed by atoms with Gasteiger partial charge in [0, 0.05) is 23.4 Å². The van der Waals surface area contributed by atoms with Crippen LogP contribution in [-0.4, -0.2) is 29.6 Å². The van der Waals surface area contributed by atoms with Crippen molar-refractivity contribution in [2.45, 2.75) is 64.6 Å². The number of ether oxygens (including phenoxy) is 2. The van der Waals surface area contributed by atoms with E-state index >= 15 is 0 Å². The molecule has 0 N–H and O–H groups in total. The lowest BCUT2D eigenvalue weighted by Gasteiger charge is -2.45. The lowest BCUT2D eigenvalue weighted by atomic mass is 9.84. The molecule has 1 aliphatic rings. The second-order valence-electron chi connectivity index (χ2n) is 11.3. The molecule has 198 valence electrons. The Labute approximate surface area is 226 Å². The monoisotopic (exact) mass is 511 g/mol. The van der Waals surface area contributed by atoms with Crippen molar-refractivity contribution in [3.05, 3.63) is 113 Å². The highest BCUT2D eigenvalue weighted by atomic mass is 19.1. The summed E-state index contributed by atoms with van der Waals surface area (Å²) in [7, 11) is 0. The van der Waals surface area contributed by atoms with Crippen molar-refractivity contribution >= 4 is 10.8 Å². The SMILES string of the molecule is CC(C)(C)N1CCC(c2cccc(CF)c2)C(OCc2cc(OCc3ccccc3)c3ccccc3c2)C1. The zero-order valence-corrected chi connectivity index (χ0v) is 22.7. The summed E-state index contributed by atoms with van der Waals surface area (Å²) in [5, 5.41) is 2.24. The summed E-state index contributed by atoms with van der Waals surface area (Å²) in [6, 6.07) is 30.9. The van der Waals surface area contributed by atoms with Crippen molar-refractivity contribution in [3.63, 3.8) is 0 Å². The van der Waals surface area contributed by atoms with Gasteiger partial charge in [-0.05, 0) is 73.5 Å². The van der Waals surface area contributed by atoms with E-state index in [9.17, 15) is 4.39 Å². The molecule has 1 fully saturated rings. The summed E-state index contributed by atoms with van der Waals surface area (Å²) >= 11 is 0. The number of halogens is 1. The van der Waals surface area contributed by atoms with Gasteiger partial charge in [-0.2, -0.15) is 0 Å². The van der Waals surface area contributed by atoms with Crippen LogP contribution in [0.2, 0.25) is 0 Å². The Morgan fingerprint density at radius 3 is 2.37 bits per heavy atom. The van der Waals surface area contributed by atoms with Crippen LogP contribution >= 0.6 is 0 Å². The molecule has 0 aliphatic carbocycles. The number of hydrogen-bond acceptors (Lipinski definition) is 3. The van der Waals surface area contributed by atoms with Gasteiger partial charge in [0.05, 0.1) is 12.7 Å². The van der Waals surface area contributed by atoms with Gasteiger partial charge in [-0.15, -0.1) is 0 Å². The smallest absolute Gasteiger partial charge is 0.127 e. The first-order chi connectivity index (χ1) is 18.4. The van der Waals surface area contributed by atoms with Crippen LogP contribution in [0.15, 0.2) is 91.0 Å². The molecule has 1 aliphatic heterocycles. The van der Waals surface area contributed by atoms with Crippen LogP contribution in [0, 0.1) is 0 Å². The number of rotatable bonds is 8. The van der Waals surface area contributed by atoms with Crippen molar-refractivity contribution < 1.29 is 13.9 Å². The number of fused-ring (bicyclic) bond motifs is 1. The maximum absolute atomic E-state index is 13.4. The molecular formula is C34H38FNO2. The number of nitrogens with zero attached hydrogens (tertiary/aromatic N) is 1. The molecule has 5 rings (SSSR count). The lowest BCUT2D eigenvalue weighted by molar-refractivity contribution is -0.0466. The summed E-state index contributed by atoms with van der Waals surface area (Å²) in [6.45, 7) is 9.19. The van der Waals surface area contributed by atoms with Crippen LogP contribution < -0.4 is 4.74 Å². The summed E-state index contributed by atoms with van der Waals surface area (Å²) in [6.07, 6.45) is 0.999. The molecule has 4 aromatic carbocycles. The fourth-order valence-corrected chi connectivity index (χ4v) is 5.46. The highest BCUT2D eigenvalue weighted by molar-refractivity contribution is 5.89.